The number of para-hydroxylation sites is 1. The molecule has 0 spiro atoms. The number of halogens is 2. The summed E-state index contributed by atoms with van der Waals surface area (Å²) in [4.78, 5) is 15.5. The quantitative estimate of drug-likeness (QED) is 0.511. The van der Waals surface area contributed by atoms with Crippen molar-refractivity contribution >= 4 is 51.8 Å². The summed E-state index contributed by atoms with van der Waals surface area (Å²) < 4.78 is 0. The van der Waals surface area contributed by atoms with Crippen LogP contribution in [0, 0.1) is 11.3 Å². The Morgan fingerprint density at radius 2 is 2.00 bits per heavy atom. The lowest BCUT2D eigenvalue weighted by Crippen LogP contribution is -2.13. The predicted molar refractivity (Wildman–Crippen MR) is 97.0 cm³/mol. The van der Waals surface area contributed by atoms with Crippen LogP contribution in [0.5, 0.6) is 0 Å². The molecule has 2 aromatic carbocycles. The minimum absolute atomic E-state index is 0.0317. The number of nitriles is 1. The van der Waals surface area contributed by atoms with Gasteiger partial charge in [0, 0.05) is 27.7 Å². The van der Waals surface area contributed by atoms with Gasteiger partial charge in [-0.3, -0.25) is 4.79 Å². The minimum Gasteiger partial charge on any atom is -0.361 e. The number of nitrogens with zero attached hydrogens (tertiary/aromatic N) is 1. The Bertz CT molecular complexity index is 999. The third-order valence-corrected chi connectivity index (χ3v) is 4.03. The largest absolute Gasteiger partial charge is 0.361 e. The molecular weight excluding hydrogens is 345 g/mol. The Labute approximate surface area is 148 Å². The first-order chi connectivity index (χ1) is 11.6. The zero-order valence-corrected chi connectivity index (χ0v) is 13.8. The maximum Gasteiger partial charge on any atom is 0.266 e. The molecule has 3 aromatic rings. The summed E-state index contributed by atoms with van der Waals surface area (Å²) in [6.07, 6.45) is 3.29. The maximum absolute atomic E-state index is 12.4. The van der Waals surface area contributed by atoms with Crippen molar-refractivity contribution in [1.82, 2.24) is 4.98 Å². The van der Waals surface area contributed by atoms with Crippen molar-refractivity contribution in [1.29, 1.82) is 5.26 Å². The molecule has 0 saturated heterocycles. The van der Waals surface area contributed by atoms with E-state index in [2.05, 4.69) is 10.3 Å². The van der Waals surface area contributed by atoms with Crippen molar-refractivity contribution in [3.8, 4) is 6.07 Å². The molecule has 0 saturated carbocycles. The van der Waals surface area contributed by atoms with E-state index in [-0.39, 0.29) is 5.57 Å². The monoisotopic (exact) mass is 355 g/mol. The number of carbonyl (C=O) groups is 1. The number of carbonyl (C=O) groups excluding carboxylic acids is 1. The van der Waals surface area contributed by atoms with Crippen molar-refractivity contribution in [2.75, 3.05) is 5.32 Å². The van der Waals surface area contributed by atoms with Crippen LogP contribution in [-0.4, -0.2) is 10.9 Å². The third-order valence-electron chi connectivity index (χ3n) is 3.46. The Morgan fingerprint density at radius 3 is 2.79 bits per heavy atom. The van der Waals surface area contributed by atoms with E-state index < -0.39 is 5.91 Å². The predicted octanol–water partition coefficient (Wildman–Crippen LogP) is 5.02. The number of benzene rings is 2. The molecule has 0 bridgehead atoms. The number of aromatic amines is 1. The van der Waals surface area contributed by atoms with Gasteiger partial charge in [-0.2, -0.15) is 5.26 Å². The van der Waals surface area contributed by atoms with E-state index in [1.54, 1.807) is 18.3 Å². The lowest BCUT2D eigenvalue weighted by atomic mass is 10.1. The molecule has 0 fully saturated rings. The van der Waals surface area contributed by atoms with E-state index in [0.717, 1.165) is 16.5 Å². The van der Waals surface area contributed by atoms with E-state index in [1.807, 2.05) is 30.3 Å². The number of fused-ring (bicyclic) bond motifs is 1. The molecular formula is C18H11Cl2N3O. The van der Waals surface area contributed by atoms with Gasteiger partial charge in [-0.15, -0.1) is 0 Å². The lowest BCUT2D eigenvalue weighted by molar-refractivity contribution is -0.112. The average Bonchev–Trinajstić information content (AvgIpc) is 2.99. The summed E-state index contributed by atoms with van der Waals surface area (Å²) in [5.41, 5.74) is 2.01. The average molecular weight is 356 g/mol. The van der Waals surface area contributed by atoms with E-state index >= 15 is 0 Å². The standard InChI is InChI=1S/C18H11Cl2N3O/c19-13-5-6-15(20)17(8-13)23-18(24)11(9-21)7-12-10-22-16-4-2-1-3-14(12)16/h1-8,10,22H,(H,23,24)/b11-7+. The van der Waals surface area contributed by atoms with E-state index in [9.17, 15) is 10.1 Å². The van der Waals surface area contributed by atoms with Crippen LogP contribution in [0.4, 0.5) is 5.69 Å². The summed E-state index contributed by atoms with van der Waals surface area (Å²) in [5, 5.41) is 13.6. The van der Waals surface area contributed by atoms with Gasteiger partial charge < -0.3 is 10.3 Å². The van der Waals surface area contributed by atoms with E-state index in [1.165, 1.54) is 12.1 Å². The van der Waals surface area contributed by atoms with Gasteiger partial charge in [0.05, 0.1) is 10.7 Å². The van der Waals surface area contributed by atoms with Crippen molar-refractivity contribution in [3.05, 3.63) is 69.8 Å². The van der Waals surface area contributed by atoms with Gasteiger partial charge in [-0.25, -0.2) is 0 Å². The van der Waals surface area contributed by atoms with Crippen LogP contribution >= 0.6 is 23.2 Å². The first kappa shape index (κ1) is 16.1. The molecule has 6 heteroatoms. The molecule has 1 heterocycles. The van der Waals surface area contributed by atoms with Gasteiger partial charge in [0.25, 0.3) is 5.91 Å². The maximum atomic E-state index is 12.4. The highest BCUT2D eigenvalue weighted by atomic mass is 35.5. The van der Waals surface area contributed by atoms with Crippen LogP contribution in [-0.2, 0) is 4.79 Å². The fraction of sp³-hybridized carbons (Fsp3) is 0. The van der Waals surface area contributed by atoms with Crippen LogP contribution < -0.4 is 5.32 Å². The van der Waals surface area contributed by atoms with Crippen LogP contribution in [0.25, 0.3) is 17.0 Å². The first-order valence-corrected chi connectivity index (χ1v) is 7.78. The van der Waals surface area contributed by atoms with Gasteiger partial charge in [-0.05, 0) is 30.3 Å². The molecule has 3 rings (SSSR count). The van der Waals surface area contributed by atoms with E-state index in [4.69, 9.17) is 23.2 Å². The SMILES string of the molecule is N#C/C(=C\c1c[nH]c2ccccc12)C(=O)Nc1cc(Cl)ccc1Cl. The van der Waals surface area contributed by atoms with Gasteiger partial charge in [-0.1, -0.05) is 41.4 Å². The lowest BCUT2D eigenvalue weighted by Gasteiger charge is -2.06. The van der Waals surface area contributed by atoms with E-state index in [0.29, 0.717) is 15.7 Å². The van der Waals surface area contributed by atoms with Crippen LogP contribution in [0.1, 0.15) is 5.56 Å². The Morgan fingerprint density at radius 1 is 1.21 bits per heavy atom. The topological polar surface area (TPSA) is 68.7 Å². The van der Waals surface area contributed by atoms with Gasteiger partial charge >= 0.3 is 0 Å². The molecule has 0 radical (unpaired) electrons. The summed E-state index contributed by atoms with van der Waals surface area (Å²) >= 11 is 11.9. The first-order valence-electron chi connectivity index (χ1n) is 7.03. The second-order valence-corrected chi connectivity index (χ2v) is 5.88. The molecule has 0 atom stereocenters. The summed E-state index contributed by atoms with van der Waals surface area (Å²) in [7, 11) is 0. The molecule has 1 amide bonds. The Hall–Kier alpha value is -2.74. The third kappa shape index (κ3) is 3.28. The molecule has 0 aliphatic carbocycles. The Balaban J connectivity index is 1.92. The van der Waals surface area contributed by atoms with Crippen LogP contribution in [0.2, 0.25) is 10.0 Å². The fourth-order valence-corrected chi connectivity index (χ4v) is 2.64. The van der Waals surface area contributed by atoms with Gasteiger partial charge in [0.2, 0.25) is 0 Å². The molecule has 118 valence electrons. The highest BCUT2D eigenvalue weighted by molar-refractivity contribution is 6.36. The number of hydrogen-bond donors (Lipinski definition) is 2. The fourth-order valence-electron chi connectivity index (χ4n) is 2.30. The zero-order chi connectivity index (χ0) is 17.1. The number of anilines is 1. The van der Waals surface area contributed by atoms with Crippen LogP contribution in [0.3, 0.4) is 0 Å². The van der Waals surface area contributed by atoms with Crippen molar-refractivity contribution in [3.63, 3.8) is 0 Å². The van der Waals surface area contributed by atoms with Gasteiger partial charge in [0.1, 0.15) is 11.6 Å². The second-order valence-electron chi connectivity index (χ2n) is 5.04. The number of amides is 1. The number of rotatable bonds is 3. The Kier molecular flexibility index (Phi) is 4.57. The number of aromatic nitrogens is 1. The minimum atomic E-state index is -0.549. The molecule has 0 aliphatic heterocycles. The van der Waals surface area contributed by atoms with Crippen molar-refractivity contribution < 1.29 is 4.79 Å². The second kappa shape index (κ2) is 6.79. The molecule has 1 aromatic heterocycles. The van der Waals surface area contributed by atoms with Crippen molar-refractivity contribution in [2.24, 2.45) is 0 Å². The molecule has 2 N–H and O–H groups in total. The molecule has 0 unspecified atom stereocenters. The summed E-state index contributed by atoms with van der Waals surface area (Å²) in [6, 6.07) is 14.3. The molecule has 0 aliphatic rings. The molecule has 4 nitrogen and oxygen atoms in total. The van der Waals surface area contributed by atoms with Crippen molar-refractivity contribution in [2.45, 2.75) is 0 Å². The normalized spacial score (nSPS) is 11.3. The number of H-pyrrole nitrogens is 1. The number of nitrogens with one attached hydrogen (secondary N) is 2. The highest BCUT2D eigenvalue weighted by Crippen LogP contribution is 2.26. The van der Waals surface area contributed by atoms with Gasteiger partial charge in [0.15, 0.2) is 0 Å². The smallest absolute Gasteiger partial charge is 0.266 e. The molecule has 24 heavy (non-hydrogen) atoms. The summed E-state index contributed by atoms with van der Waals surface area (Å²) in [6.45, 7) is 0. The summed E-state index contributed by atoms with van der Waals surface area (Å²) in [5.74, 6) is -0.549. The highest BCUT2D eigenvalue weighted by Gasteiger charge is 2.13. The zero-order valence-electron chi connectivity index (χ0n) is 12.3. The number of hydrogen-bond acceptors (Lipinski definition) is 2. The van der Waals surface area contributed by atoms with Crippen LogP contribution in [0.15, 0.2) is 54.2 Å².